The highest BCUT2D eigenvalue weighted by atomic mass is 15.2. The summed E-state index contributed by atoms with van der Waals surface area (Å²) in [5, 5.41) is 11.8. The average Bonchev–Trinajstić information content (AvgIpc) is 2.96. The van der Waals surface area contributed by atoms with E-state index in [0.717, 1.165) is 5.82 Å². The third-order valence-corrected chi connectivity index (χ3v) is 3.14. The Morgan fingerprint density at radius 1 is 1.07 bits per heavy atom. The Kier molecular flexibility index (Phi) is 1.89. The second-order valence-corrected chi connectivity index (χ2v) is 4.39. The molecule has 1 aromatic heterocycles. The van der Waals surface area contributed by atoms with Crippen LogP contribution >= 0.6 is 0 Å². The van der Waals surface area contributed by atoms with Crippen molar-refractivity contribution >= 4 is 5.82 Å². The molecule has 2 aliphatic carbocycles. The highest BCUT2D eigenvalue weighted by Gasteiger charge is 2.25. The van der Waals surface area contributed by atoms with E-state index in [-0.39, 0.29) is 0 Å². The fourth-order valence-electron chi connectivity index (χ4n) is 1.78. The number of aromatic nitrogens is 2. The van der Waals surface area contributed by atoms with E-state index in [9.17, 15) is 0 Å². The molecule has 0 saturated heterocycles. The third kappa shape index (κ3) is 1.59. The van der Waals surface area contributed by atoms with Gasteiger partial charge in [0.1, 0.15) is 5.82 Å². The van der Waals surface area contributed by atoms with E-state index < -0.39 is 0 Å². The lowest BCUT2D eigenvalue weighted by Crippen LogP contribution is -2.27. The van der Waals surface area contributed by atoms with Crippen molar-refractivity contribution in [3.63, 3.8) is 0 Å². The molecule has 0 radical (unpaired) electrons. The minimum Gasteiger partial charge on any atom is -0.366 e. The molecule has 2 aliphatic rings. The summed E-state index contributed by atoms with van der Waals surface area (Å²) >= 11 is 0. The maximum absolute atomic E-state index is 4.24. The lowest BCUT2D eigenvalue weighted by molar-refractivity contribution is 0.444. The van der Waals surface area contributed by atoms with Gasteiger partial charge in [-0.15, -0.1) is 5.10 Å². The molecule has 3 heteroatoms. The van der Waals surface area contributed by atoms with Crippen molar-refractivity contribution < 1.29 is 0 Å². The molecule has 2 fully saturated rings. The van der Waals surface area contributed by atoms with Crippen molar-refractivity contribution in [2.24, 2.45) is 0 Å². The summed E-state index contributed by atoms with van der Waals surface area (Å²) in [5.74, 6) is 1.65. The molecule has 2 saturated carbocycles. The van der Waals surface area contributed by atoms with Crippen LogP contribution in [-0.2, 0) is 0 Å². The van der Waals surface area contributed by atoms with Crippen molar-refractivity contribution in [1.82, 2.24) is 10.2 Å². The smallest absolute Gasteiger partial charge is 0.148 e. The fraction of sp³-hybridized carbons (Fsp3) is 0.636. The molecule has 14 heavy (non-hydrogen) atoms. The third-order valence-electron chi connectivity index (χ3n) is 3.14. The van der Waals surface area contributed by atoms with Crippen molar-refractivity contribution in [3.05, 3.63) is 17.8 Å². The summed E-state index contributed by atoms with van der Waals surface area (Å²) < 4.78 is 0. The molecular formula is C11H15N3. The molecule has 74 valence electrons. The molecule has 0 amide bonds. The van der Waals surface area contributed by atoms with Gasteiger partial charge in [0, 0.05) is 12.0 Å². The summed E-state index contributed by atoms with van der Waals surface area (Å²) in [6.45, 7) is 0. The molecule has 0 unspecified atom stereocenters. The van der Waals surface area contributed by atoms with Gasteiger partial charge in [0.25, 0.3) is 0 Å². The van der Waals surface area contributed by atoms with E-state index >= 15 is 0 Å². The number of hydrogen-bond donors (Lipinski definition) is 1. The quantitative estimate of drug-likeness (QED) is 0.793. The van der Waals surface area contributed by atoms with Gasteiger partial charge in [0.15, 0.2) is 0 Å². The standard InChI is InChI=1S/C11H15N3/c1-2-9(3-1)12-11-7-6-10(13-14-11)8-4-5-8/h6-9H,1-5H2,(H,12,14). The lowest BCUT2D eigenvalue weighted by atomic mass is 9.93. The van der Waals surface area contributed by atoms with Gasteiger partial charge in [-0.3, -0.25) is 0 Å². The molecule has 0 spiro atoms. The Bertz CT molecular complexity index is 312. The van der Waals surface area contributed by atoms with E-state index in [1.165, 1.54) is 37.8 Å². The minimum atomic E-state index is 0.649. The highest BCUT2D eigenvalue weighted by Crippen LogP contribution is 2.38. The van der Waals surface area contributed by atoms with Crippen LogP contribution in [0.1, 0.15) is 43.7 Å². The molecule has 0 aromatic carbocycles. The maximum atomic E-state index is 4.24. The zero-order valence-electron chi connectivity index (χ0n) is 8.24. The largest absolute Gasteiger partial charge is 0.366 e. The maximum Gasteiger partial charge on any atom is 0.148 e. The number of anilines is 1. The van der Waals surface area contributed by atoms with Gasteiger partial charge >= 0.3 is 0 Å². The predicted molar refractivity (Wildman–Crippen MR) is 55.3 cm³/mol. The number of hydrogen-bond acceptors (Lipinski definition) is 3. The Morgan fingerprint density at radius 2 is 1.93 bits per heavy atom. The van der Waals surface area contributed by atoms with E-state index in [2.05, 4.69) is 27.6 Å². The first-order valence-corrected chi connectivity index (χ1v) is 5.52. The minimum absolute atomic E-state index is 0.649. The number of nitrogens with one attached hydrogen (secondary N) is 1. The Morgan fingerprint density at radius 3 is 2.43 bits per heavy atom. The average molecular weight is 189 g/mol. The molecular weight excluding hydrogens is 174 g/mol. The van der Waals surface area contributed by atoms with Gasteiger partial charge < -0.3 is 5.32 Å². The molecule has 3 rings (SSSR count). The van der Waals surface area contributed by atoms with Gasteiger partial charge in [0.2, 0.25) is 0 Å². The summed E-state index contributed by atoms with van der Waals surface area (Å²) in [6, 6.07) is 4.83. The van der Waals surface area contributed by atoms with Gasteiger partial charge in [-0.05, 0) is 44.2 Å². The zero-order valence-corrected chi connectivity index (χ0v) is 8.24. The van der Waals surface area contributed by atoms with Gasteiger partial charge in [-0.25, -0.2) is 0 Å². The van der Waals surface area contributed by atoms with E-state index in [0.29, 0.717) is 12.0 Å². The SMILES string of the molecule is c1cc(C2CC2)nnc1NC1CCC1. The number of nitrogens with zero attached hydrogens (tertiary/aromatic N) is 2. The van der Waals surface area contributed by atoms with Crippen molar-refractivity contribution in [2.75, 3.05) is 5.32 Å². The Hall–Kier alpha value is -1.12. The van der Waals surface area contributed by atoms with Crippen LogP contribution in [-0.4, -0.2) is 16.2 Å². The van der Waals surface area contributed by atoms with Crippen LogP contribution < -0.4 is 5.32 Å². The van der Waals surface area contributed by atoms with E-state index in [4.69, 9.17) is 0 Å². The molecule has 0 aliphatic heterocycles. The topological polar surface area (TPSA) is 37.8 Å². The van der Waals surface area contributed by atoms with Crippen LogP contribution in [0.2, 0.25) is 0 Å². The van der Waals surface area contributed by atoms with Crippen LogP contribution in [0, 0.1) is 0 Å². The second-order valence-electron chi connectivity index (χ2n) is 4.39. The van der Waals surface area contributed by atoms with Gasteiger partial charge in [-0.2, -0.15) is 5.10 Å². The second kappa shape index (κ2) is 3.23. The molecule has 1 N–H and O–H groups in total. The predicted octanol–water partition coefficient (Wildman–Crippen LogP) is 2.32. The molecule has 3 nitrogen and oxygen atoms in total. The molecule has 0 atom stereocenters. The van der Waals surface area contributed by atoms with Crippen molar-refractivity contribution in [1.29, 1.82) is 0 Å². The van der Waals surface area contributed by atoms with Gasteiger partial charge in [-0.1, -0.05) is 0 Å². The molecule has 1 aromatic rings. The lowest BCUT2D eigenvalue weighted by Gasteiger charge is -2.26. The highest BCUT2D eigenvalue weighted by molar-refractivity contribution is 5.35. The molecule has 0 bridgehead atoms. The first-order valence-electron chi connectivity index (χ1n) is 5.52. The van der Waals surface area contributed by atoms with Crippen molar-refractivity contribution in [2.45, 2.75) is 44.1 Å². The van der Waals surface area contributed by atoms with Crippen LogP contribution in [0.25, 0.3) is 0 Å². The Balaban J connectivity index is 1.66. The summed E-state index contributed by atoms with van der Waals surface area (Å²) in [7, 11) is 0. The van der Waals surface area contributed by atoms with Gasteiger partial charge in [0.05, 0.1) is 5.69 Å². The van der Waals surface area contributed by atoms with Crippen LogP contribution in [0.4, 0.5) is 5.82 Å². The summed E-state index contributed by atoms with van der Waals surface area (Å²) in [4.78, 5) is 0. The number of rotatable bonds is 3. The molecule has 1 heterocycles. The van der Waals surface area contributed by atoms with E-state index in [1.54, 1.807) is 0 Å². The fourth-order valence-corrected chi connectivity index (χ4v) is 1.78. The van der Waals surface area contributed by atoms with Crippen LogP contribution in [0.15, 0.2) is 12.1 Å². The van der Waals surface area contributed by atoms with E-state index in [1.807, 2.05) is 0 Å². The van der Waals surface area contributed by atoms with Crippen LogP contribution in [0.3, 0.4) is 0 Å². The first-order chi connectivity index (χ1) is 6.92. The Labute approximate surface area is 83.9 Å². The monoisotopic (exact) mass is 189 g/mol. The first kappa shape index (κ1) is 8.21. The summed E-state index contributed by atoms with van der Waals surface area (Å²) in [6.07, 6.45) is 6.51. The summed E-state index contributed by atoms with van der Waals surface area (Å²) in [5.41, 5.74) is 1.17. The zero-order chi connectivity index (χ0) is 9.38. The van der Waals surface area contributed by atoms with Crippen molar-refractivity contribution in [3.8, 4) is 0 Å². The van der Waals surface area contributed by atoms with Crippen LogP contribution in [0.5, 0.6) is 0 Å². The normalized spacial score (nSPS) is 21.7.